The summed E-state index contributed by atoms with van der Waals surface area (Å²) < 4.78 is 0. The summed E-state index contributed by atoms with van der Waals surface area (Å²) in [6.45, 7) is 18.7. The number of nitrogens with one attached hydrogen (secondary N) is 2. The van der Waals surface area contributed by atoms with Crippen LogP contribution in [0.2, 0.25) is 0 Å². The van der Waals surface area contributed by atoms with Gasteiger partial charge in [0.1, 0.15) is 0 Å². The van der Waals surface area contributed by atoms with E-state index in [0.29, 0.717) is 18.5 Å². The highest BCUT2D eigenvalue weighted by Gasteiger charge is 2.08. The number of aliphatic imine (C=N–C) groups is 1. The zero-order chi connectivity index (χ0) is 24.5. The van der Waals surface area contributed by atoms with E-state index in [2.05, 4.69) is 79.9 Å². The number of benzene rings is 2. The Labute approximate surface area is 199 Å². The Hall–Kier alpha value is -3.40. The fourth-order valence-corrected chi connectivity index (χ4v) is 3.56. The highest BCUT2D eigenvalue weighted by atomic mass is 16.1. The number of allylic oxidation sites excluding steroid dienone is 2. The van der Waals surface area contributed by atoms with Gasteiger partial charge in [-0.1, -0.05) is 56.0 Å². The molecule has 0 aliphatic heterocycles. The molecule has 0 aromatic heterocycles. The molecule has 2 aromatic rings. The van der Waals surface area contributed by atoms with Crippen LogP contribution < -0.4 is 10.6 Å². The van der Waals surface area contributed by atoms with Crippen LogP contribution in [0.25, 0.3) is 5.57 Å². The summed E-state index contributed by atoms with van der Waals surface area (Å²) in [5.41, 5.74) is 10.2. The van der Waals surface area contributed by atoms with E-state index >= 15 is 0 Å². The number of hydrogen-bond donors (Lipinski definition) is 2. The number of hydrogen-bond acceptors (Lipinski definition) is 3. The molecular formula is C29H37N3O. The van der Waals surface area contributed by atoms with Crippen molar-refractivity contribution in [1.82, 2.24) is 10.6 Å². The average molecular weight is 444 g/mol. The molecule has 4 heteroatoms. The zero-order valence-electron chi connectivity index (χ0n) is 20.9. The number of nitrogens with zero attached hydrogens (tertiary/aromatic N) is 1. The molecule has 0 bridgehead atoms. The van der Waals surface area contributed by atoms with Gasteiger partial charge >= 0.3 is 0 Å². The molecule has 4 nitrogen and oxygen atoms in total. The largest absolute Gasteiger partial charge is 0.391 e. The maximum absolute atomic E-state index is 12.6. The molecular weight excluding hydrogens is 406 g/mol. The number of rotatable bonds is 10. The highest BCUT2D eigenvalue weighted by Crippen LogP contribution is 2.22. The van der Waals surface area contributed by atoms with Crippen molar-refractivity contribution in [3.05, 3.63) is 94.7 Å². The lowest BCUT2D eigenvalue weighted by Gasteiger charge is -2.12. The third kappa shape index (κ3) is 7.60. The van der Waals surface area contributed by atoms with E-state index in [4.69, 9.17) is 0 Å². The lowest BCUT2D eigenvalue weighted by Crippen LogP contribution is -2.24. The maximum Gasteiger partial charge on any atom is 0.251 e. The second-order valence-corrected chi connectivity index (χ2v) is 8.56. The maximum atomic E-state index is 12.6. The van der Waals surface area contributed by atoms with Gasteiger partial charge in [-0.15, -0.1) is 0 Å². The summed E-state index contributed by atoms with van der Waals surface area (Å²) in [5.74, 6) is -0.180. The van der Waals surface area contributed by atoms with Crippen molar-refractivity contribution < 1.29 is 4.79 Å². The number of aryl methyl sites for hydroxylation is 2. The van der Waals surface area contributed by atoms with Gasteiger partial charge in [0.2, 0.25) is 0 Å². The molecule has 0 spiro atoms. The van der Waals surface area contributed by atoms with E-state index in [-0.39, 0.29) is 5.91 Å². The van der Waals surface area contributed by atoms with E-state index in [0.717, 1.165) is 56.9 Å². The lowest BCUT2D eigenvalue weighted by molar-refractivity contribution is -0.117. The van der Waals surface area contributed by atoms with E-state index in [1.165, 1.54) is 0 Å². The summed E-state index contributed by atoms with van der Waals surface area (Å²) in [7, 11) is 1.86. The van der Waals surface area contributed by atoms with Gasteiger partial charge in [0.05, 0.1) is 5.69 Å². The molecule has 0 saturated carbocycles. The SMILES string of the molecule is C=C(/C=C(/Cc1ccc(N=C(C)CC)c(C)c1)NC)C(=O)NCc1ccc(C(=C)C)c(C)c1. The summed E-state index contributed by atoms with van der Waals surface area (Å²) >= 11 is 0. The monoisotopic (exact) mass is 443 g/mol. The molecule has 174 valence electrons. The Kier molecular flexibility index (Phi) is 9.41. The van der Waals surface area contributed by atoms with Gasteiger partial charge in [-0.3, -0.25) is 9.79 Å². The first kappa shape index (κ1) is 25.9. The Morgan fingerprint density at radius 2 is 1.70 bits per heavy atom. The third-order valence-corrected chi connectivity index (χ3v) is 5.64. The molecule has 2 N–H and O–H groups in total. The minimum absolute atomic E-state index is 0.180. The van der Waals surface area contributed by atoms with Gasteiger partial charge in [-0.05, 0) is 74.1 Å². The number of carbonyl (C=O) groups excluding carboxylic acids is 1. The molecule has 0 saturated heterocycles. The van der Waals surface area contributed by atoms with Crippen LogP contribution in [0.3, 0.4) is 0 Å². The number of carbonyl (C=O) groups is 1. The summed E-state index contributed by atoms with van der Waals surface area (Å²) in [4.78, 5) is 17.3. The normalized spacial score (nSPS) is 11.8. The first-order valence-electron chi connectivity index (χ1n) is 11.4. The molecule has 2 aromatic carbocycles. The van der Waals surface area contributed by atoms with Crippen molar-refractivity contribution >= 4 is 22.9 Å². The van der Waals surface area contributed by atoms with Crippen molar-refractivity contribution in [2.45, 2.75) is 54.0 Å². The molecule has 0 aliphatic carbocycles. The van der Waals surface area contributed by atoms with Crippen LogP contribution in [0, 0.1) is 13.8 Å². The Morgan fingerprint density at radius 1 is 1.03 bits per heavy atom. The minimum atomic E-state index is -0.180. The lowest BCUT2D eigenvalue weighted by atomic mass is 10.0. The van der Waals surface area contributed by atoms with Crippen molar-refractivity contribution in [1.29, 1.82) is 0 Å². The number of likely N-dealkylation sites (N-methyl/N-ethyl adjacent to an activating group) is 1. The van der Waals surface area contributed by atoms with Crippen LogP contribution >= 0.6 is 0 Å². The smallest absolute Gasteiger partial charge is 0.251 e. The molecule has 1 amide bonds. The van der Waals surface area contributed by atoms with Gasteiger partial charge in [0.15, 0.2) is 0 Å². The van der Waals surface area contributed by atoms with Crippen LogP contribution in [-0.2, 0) is 17.8 Å². The quantitative estimate of drug-likeness (QED) is 0.255. The summed E-state index contributed by atoms with van der Waals surface area (Å²) in [6.07, 6.45) is 3.44. The van der Waals surface area contributed by atoms with Gasteiger partial charge < -0.3 is 10.6 Å². The predicted octanol–water partition coefficient (Wildman–Crippen LogP) is 6.36. The Morgan fingerprint density at radius 3 is 2.27 bits per heavy atom. The van der Waals surface area contributed by atoms with Gasteiger partial charge in [-0.25, -0.2) is 0 Å². The van der Waals surface area contributed by atoms with Crippen LogP contribution in [0.1, 0.15) is 55.0 Å². The van der Waals surface area contributed by atoms with Crippen molar-refractivity contribution in [2.75, 3.05) is 7.05 Å². The third-order valence-electron chi connectivity index (χ3n) is 5.64. The van der Waals surface area contributed by atoms with Crippen molar-refractivity contribution in [3.8, 4) is 0 Å². The topological polar surface area (TPSA) is 53.5 Å². The van der Waals surface area contributed by atoms with E-state index in [1.807, 2.05) is 33.0 Å². The van der Waals surface area contributed by atoms with Gasteiger partial charge in [0, 0.05) is 37.0 Å². The first-order chi connectivity index (χ1) is 15.6. The molecule has 0 aliphatic rings. The molecule has 0 atom stereocenters. The van der Waals surface area contributed by atoms with E-state index < -0.39 is 0 Å². The van der Waals surface area contributed by atoms with Crippen molar-refractivity contribution in [2.24, 2.45) is 4.99 Å². The minimum Gasteiger partial charge on any atom is -0.391 e. The van der Waals surface area contributed by atoms with E-state index in [1.54, 1.807) is 0 Å². The molecule has 0 heterocycles. The molecule has 0 fully saturated rings. The van der Waals surface area contributed by atoms with Crippen LogP contribution in [0.15, 0.2) is 71.9 Å². The summed E-state index contributed by atoms with van der Waals surface area (Å²) in [6, 6.07) is 12.4. The fraction of sp³-hybridized carbons (Fsp3) is 0.310. The van der Waals surface area contributed by atoms with Gasteiger partial charge in [0.25, 0.3) is 5.91 Å². The van der Waals surface area contributed by atoms with Crippen molar-refractivity contribution in [3.63, 3.8) is 0 Å². The zero-order valence-corrected chi connectivity index (χ0v) is 20.9. The second kappa shape index (κ2) is 12.0. The highest BCUT2D eigenvalue weighted by molar-refractivity contribution is 5.95. The first-order valence-corrected chi connectivity index (χ1v) is 11.4. The van der Waals surface area contributed by atoms with Gasteiger partial charge in [-0.2, -0.15) is 0 Å². The van der Waals surface area contributed by atoms with E-state index in [9.17, 15) is 4.79 Å². The predicted molar refractivity (Wildman–Crippen MR) is 142 cm³/mol. The van der Waals surface area contributed by atoms with Crippen LogP contribution in [-0.4, -0.2) is 18.7 Å². The van der Waals surface area contributed by atoms with Crippen LogP contribution in [0.4, 0.5) is 5.69 Å². The average Bonchev–Trinajstić information content (AvgIpc) is 2.78. The Bertz CT molecular complexity index is 1110. The molecule has 0 radical (unpaired) electrons. The standard InChI is InChI=1S/C29H37N3O/c1-9-23(7)32-28-13-11-24(15-21(28)5)17-26(30-8)16-22(6)29(33)31-18-25-10-12-27(19(2)3)20(4)14-25/h10-16,30H,2,6,9,17-18H2,1,3-5,7-8H3,(H,31,33)/b26-16-,32-23?. The second-order valence-electron chi connectivity index (χ2n) is 8.56. The Balaban J connectivity index is 2.03. The molecule has 2 rings (SSSR count). The van der Waals surface area contributed by atoms with Crippen LogP contribution in [0.5, 0.6) is 0 Å². The molecule has 33 heavy (non-hydrogen) atoms. The fourth-order valence-electron chi connectivity index (χ4n) is 3.56. The summed E-state index contributed by atoms with van der Waals surface area (Å²) in [5, 5.41) is 6.15. The molecule has 0 unspecified atom stereocenters. The number of amides is 1.